The number of benzene rings is 1. The molecule has 3 fully saturated rings. The summed E-state index contributed by atoms with van der Waals surface area (Å²) >= 11 is 0. The third-order valence-corrected chi connectivity index (χ3v) is 5.21. The quantitative estimate of drug-likeness (QED) is 0.774. The molecule has 1 aromatic carbocycles. The summed E-state index contributed by atoms with van der Waals surface area (Å²) in [6, 6.07) is 9.62. The smallest absolute Gasteiger partial charge is 0.247 e. The van der Waals surface area contributed by atoms with Gasteiger partial charge in [0, 0.05) is 24.5 Å². The van der Waals surface area contributed by atoms with E-state index in [1.54, 1.807) is 6.20 Å². The van der Waals surface area contributed by atoms with Gasteiger partial charge in [-0.15, -0.1) is 10.2 Å². The van der Waals surface area contributed by atoms with Crippen molar-refractivity contribution in [1.82, 2.24) is 35.1 Å². The third kappa shape index (κ3) is 2.17. The molecular weight excluding hydrogens is 318 g/mol. The van der Waals surface area contributed by atoms with Crippen molar-refractivity contribution in [3.05, 3.63) is 48.5 Å². The molecule has 3 aromatic rings. The molecule has 6 rings (SSSR count). The summed E-state index contributed by atoms with van der Waals surface area (Å²) in [5.74, 6) is 1.98. The first-order valence-electron chi connectivity index (χ1n) is 8.38. The van der Waals surface area contributed by atoms with E-state index in [4.69, 9.17) is 0 Å². The van der Waals surface area contributed by atoms with E-state index in [1.807, 2.05) is 41.4 Å². The van der Waals surface area contributed by atoms with Crippen LogP contribution in [0, 0.1) is 5.92 Å². The summed E-state index contributed by atoms with van der Waals surface area (Å²) in [7, 11) is 0. The summed E-state index contributed by atoms with van der Waals surface area (Å²) < 4.78 is 0. The number of rotatable bonds is 4. The van der Waals surface area contributed by atoms with Crippen molar-refractivity contribution in [2.45, 2.75) is 24.9 Å². The molecule has 126 valence electrons. The van der Waals surface area contributed by atoms with Crippen molar-refractivity contribution in [2.24, 2.45) is 5.92 Å². The van der Waals surface area contributed by atoms with Gasteiger partial charge in [0.05, 0.1) is 0 Å². The Balaban J connectivity index is 1.35. The molecule has 0 atom stereocenters. The van der Waals surface area contributed by atoms with Crippen LogP contribution in [0.3, 0.4) is 0 Å². The fraction of sp³-hybridized carbons (Fsp3) is 0.353. The molecule has 4 heterocycles. The Morgan fingerprint density at radius 2 is 2.12 bits per heavy atom. The van der Waals surface area contributed by atoms with Gasteiger partial charge in [-0.1, -0.05) is 30.3 Å². The lowest BCUT2D eigenvalue weighted by Gasteiger charge is -2.40. The second-order valence-electron chi connectivity index (χ2n) is 6.76. The van der Waals surface area contributed by atoms with E-state index in [1.165, 1.54) is 4.80 Å². The lowest BCUT2D eigenvalue weighted by atomic mass is 9.72. The molecule has 2 bridgehead atoms. The van der Waals surface area contributed by atoms with Crippen molar-refractivity contribution in [3.8, 4) is 11.4 Å². The molecule has 1 saturated carbocycles. The summed E-state index contributed by atoms with van der Waals surface area (Å²) in [5, 5.41) is 12.4. The van der Waals surface area contributed by atoms with Gasteiger partial charge >= 0.3 is 0 Å². The first-order chi connectivity index (χ1) is 12.2. The highest BCUT2D eigenvalue weighted by Gasteiger charge is 2.60. The van der Waals surface area contributed by atoms with Crippen molar-refractivity contribution >= 4 is 5.91 Å². The minimum atomic E-state index is -0.270. The maximum Gasteiger partial charge on any atom is 0.247 e. The first-order valence-corrected chi connectivity index (χ1v) is 8.38. The molecule has 2 aromatic heterocycles. The largest absolute Gasteiger partial charge is 0.347 e. The standard InChI is InChI=1S/C17H17N7O/c25-14(11-24-21-15(20-22-24)13-4-2-1-3-5-13)23-10-12-8-17(23,9-12)16-18-6-7-19-16/h1-7,12H,8-11H2,(H,18,19). The van der Waals surface area contributed by atoms with Crippen LogP contribution in [-0.2, 0) is 16.9 Å². The predicted molar refractivity (Wildman–Crippen MR) is 88.0 cm³/mol. The molecule has 0 unspecified atom stereocenters. The maximum absolute atomic E-state index is 12.9. The normalized spacial score (nSPS) is 24.3. The van der Waals surface area contributed by atoms with Gasteiger partial charge in [0.2, 0.25) is 11.7 Å². The number of H-pyrrole nitrogens is 1. The molecule has 2 saturated heterocycles. The van der Waals surface area contributed by atoms with E-state index in [2.05, 4.69) is 25.4 Å². The van der Waals surface area contributed by atoms with Crippen LogP contribution in [0.1, 0.15) is 18.7 Å². The van der Waals surface area contributed by atoms with Crippen molar-refractivity contribution < 1.29 is 4.79 Å². The Bertz CT molecular complexity index is 896. The number of carbonyl (C=O) groups is 1. The van der Waals surface area contributed by atoms with Gasteiger partial charge in [0.25, 0.3) is 0 Å². The SMILES string of the molecule is O=C(Cn1nnc(-c2ccccc2)n1)N1CC2CC1(c1ncc[nH]1)C2. The van der Waals surface area contributed by atoms with Crippen molar-refractivity contribution in [2.75, 3.05) is 6.54 Å². The van der Waals surface area contributed by atoms with Crippen LogP contribution >= 0.6 is 0 Å². The second kappa shape index (κ2) is 5.23. The predicted octanol–water partition coefficient (Wildman–Crippen LogP) is 1.21. The Morgan fingerprint density at radius 3 is 2.88 bits per heavy atom. The number of aromatic amines is 1. The molecular formula is C17H17N7O. The van der Waals surface area contributed by atoms with Gasteiger partial charge < -0.3 is 9.88 Å². The zero-order valence-corrected chi connectivity index (χ0v) is 13.5. The summed E-state index contributed by atoms with van der Waals surface area (Å²) in [6.45, 7) is 0.870. The molecule has 2 aliphatic heterocycles. The fourth-order valence-electron chi connectivity index (χ4n) is 4.08. The Hall–Kier alpha value is -3.03. The van der Waals surface area contributed by atoms with Gasteiger partial charge in [0.1, 0.15) is 17.9 Å². The van der Waals surface area contributed by atoms with Crippen LogP contribution < -0.4 is 0 Å². The van der Waals surface area contributed by atoms with Gasteiger partial charge in [-0.2, -0.15) is 4.80 Å². The Labute approximate surface area is 143 Å². The molecule has 0 radical (unpaired) electrons. The van der Waals surface area contributed by atoms with Crippen LogP contribution in [0.5, 0.6) is 0 Å². The molecule has 1 N–H and O–H groups in total. The lowest BCUT2D eigenvalue weighted by Crippen LogP contribution is -2.47. The lowest BCUT2D eigenvalue weighted by molar-refractivity contribution is -0.136. The van der Waals surface area contributed by atoms with E-state index in [9.17, 15) is 4.79 Å². The van der Waals surface area contributed by atoms with Gasteiger partial charge in [0.15, 0.2) is 0 Å². The second-order valence-corrected chi connectivity index (χ2v) is 6.76. The number of carbonyl (C=O) groups excluding carboxylic acids is 1. The number of tetrazole rings is 1. The van der Waals surface area contributed by atoms with Crippen molar-refractivity contribution in [3.63, 3.8) is 0 Å². The molecule has 25 heavy (non-hydrogen) atoms. The minimum absolute atomic E-state index is 0.00779. The average Bonchev–Trinajstić information content (AvgIpc) is 3.36. The summed E-state index contributed by atoms with van der Waals surface area (Å²) in [6.07, 6.45) is 5.51. The number of nitrogens with one attached hydrogen (secondary N) is 1. The Kier molecular flexibility index (Phi) is 3.00. The molecule has 8 nitrogen and oxygen atoms in total. The van der Waals surface area contributed by atoms with E-state index in [-0.39, 0.29) is 18.0 Å². The maximum atomic E-state index is 12.9. The highest BCUT2D eigenvalue weighted by atomic mass is 16.2. The van der Waals surface area contributed by atoms with E-state index < -0.39 is 0 Å². The fourth-order valence-corrected chi connectivity index (χ4v) is 4.08. The number of nitrogens with zero attached hydrogens (tertiary/aromatic N) is 6. The first kappa shape index (κ1) is 14.3. The zero-order valence-electron chi connectivity index (χ0n) is 13.5. The number of amides is 1. The van der Waals surface area contributed by atoms with Gasteiger partial charge in [-0.3, -0.25) is 4.79 Å². The molecule has 8 heteroatoms. The van der Waals surface area contributed by atoms with E-state index in [0.717, 1.165) is 30.8 Å². The monoisotopic (exact) mass is 335 g/mol. The Morgan fingerprint density at radius 1 is 1.28 bits per heavy atom. The topological polar surface area (TPSA) is 92.6 Å². The highest BCUT2D eigenvalue weighted by molar-refractivity contribution is 5.78. The number of aromatic nitrogens is 6. The third-order valence-electron chi connectivity index (χ3n) is 5.21. The number of hydrogen-bond acceptors (Lipinski definition) is 5. The molecule has 3 aliphatic rings. The van der Waals surface area contributed by atoms with E-state index >= 15 is 0 Å². The molecule has 0 spiro atoms. The zero-order chi connectivity index (χ0) is 16.9. The molecule has 1 aliphatic carbocycles. The summed E-state index contributed by atoms with van der Waals surface area (Å²) in [5.41, 5.74) is 0.616. The minimum Gasteiger partial charge on any atom is -0.347 e. The van der Waals surface area contributed by atoms with Crippen LogP contribution in [0.2, 0.25) is 0 Å². The number of fused-ring (bicyclic) bond motifs is 1. The average molecular weight is 335 g/mol. The van der Waals surface area contributed by atoms with Gasteiger partial charge in [-0.05, 0) is 24.0 Å². The van der Waals surface area contributed by atoms with Crippen LogP contribution in [0.4, 0.5) is 0 Å². The van der Waals surface area contributed by atoms with Crippen LogP contribution in [0.15, 0.2) is 42.7 Å². The van der Waals surface area contributed by atoms with Gasteiger partial charge in [-0.25, -0.2) is 4.98 Å². The highest BCUT2D eigenvalue weighted by Crippen LogP contribution is 2.56. The van der Waals surface area contributed by atoms with Crippen molar-refractivity contribution in [1.29, 1.82) is 0 Å². The van der Waals surface area contributed by atoms with Crippen LogP contribution in [0.25, 0.3) is 11.4 Å². The summed E-state index contributed by atoms with van der Waals surface area (Å²) in [4.78, 5) is 23.7. The van der Waals surface area contributed by atoms with Crippen LogP contribution in [-0.4, -0.2) is 47.5 Å². The van der Waals surface area contributed by atoms with E-state index in [0.29, 0.717) is 11.7 Å². The number of hydrogen-bond donors (Lipinski definition) is 1. The molecule has 1 amide bonds. The number of imidazole rings is 1.